The minimum absolute atomic E-state index is 0.161. The molecule has 0 aliphatic carbocycles. The highest BCUT2D eigenvalue weighted by molar-refractivity contribution is 6.28. The van der Waals surface area contributed by atoms with Gasteiger partial charge in [-0.1, -0.05) is 6.92 Å². The summed E-state index contributed by atoms with van der Waals surface area (Å²) in [4.78, 5) is 14.7. The van der Waals surface area contributed by atoms with Crippen LogP contribution < -0.4 is 9.64 Å². The maximum Gasteiger partial charge on any atom is 0.322 e. The molecule has 0 saturated carbocycles. The lowest BCUT2D eigenvalue weighted by Crippen LogP contribution is -2.31. The Morgan fingerprint density at radius 2 is 2.25 bits per heavy atom. The van der Waals surface area contributed by atoms with Crippen LogP contribution >= 0.6 is 11.6 Å². The average Bonchev–Trinajstić information content (AvgIpc) is 2.90. The lowest BCUT2D eigenvalue weighted by atomic mass is 10.1. The molecule has 0 aromatic carbocycles. The van der Waals surface area contributed by atoms with Gasteiger partial charge in [-0.25, -0.2) is 0 Å². The Morgan fingerprint density at radius 1 is 1.40 bits per heavy atom. The van der Waals surface area contributed by atoms with Crippen molar-refractivity contribution in [3.05, 3.63) is 5.28 Å². The fourth-order valence-corrected chi connectivity index (χ4v) is 2.58. The van der Waals surface area contributed by atoms with Gasteiger partial charge in [0.2, 0.25) is 11.2 Å². The third kappa shape index (κ3) is 3.93. The van der Waals surface area contributed by atoms with E-state index in [0.717, 1.165) is 38.6 Å². The highest BCUT2D eigenvalue weighted by Gasteiger charge is 2.27. The number of rotatable bonds is 7. The molecule has 0 amide bonds. The average molecular weight is 301 g/mol. The molecule has 1 unspecified atom stereocenters. The van der Waals surface area contributed by atoms with E-state index >= 15 is 0 Å². The van der Waals surface area contributed by atoms with Gasteiger partial charge in [-0.3, -0.25) is 0 Å². The number of halogens is 1. The quantitative estimate of drug-likeness (QED) is 0.831. The van der Waals surface area contributed by atoms with Crippen LogP contribution in [-0.4, -0.2) is 45.9 Å². The summed E-state index contributed by atoms with van der Waals surface area (Å²) in [5.41, 5.74) is 0. The van der Waals surface area contributed by atoms with Gasteiger partial charge in [0, 0.05) is 19.2 Å². The van der Waals surface area contributed by atoms with Crippen LogP contribution in [0.2, 0.25) is 5.28 Å². The second-order valence-electron chi connectivity index (χ2n) is 4.89. The fraction of sp³-hybridized carbons (Fsp3) is 0.769. The van der Waals surface area contributed by atoms with Gasteiger partial charge in [0.15, 0.2) is 0 Å². The third-order valence-electron chi connectivity index (χ3n) is 3.34. The summed E-state index contributed by atoms with van der Waals surface area (Å²) in [6.45, 7) is 3.71. The standard InChI is InChI=1S/C13H21ClN4O2/c1-2-9-20-13-16-11(14)15-12(17-13)18-7-3-5-10(18)6-4-8-19/h10,19H,2-9H2,1H3. The van der Waals surface area contributed by atoms with Gasteiger partial charge < -0.3 is 14.7 Å². The molecule has 1 fully saturated rings. The van der Waals surface area contributed by atoms with Crippen molar-refractivity contribution in [1.82, 2.24) is 15.0 Å². The molecule has 112 valence electrons. The number of aliphatic hydroxyl groups is 1. The van der Waals surface area contributed by atoms with Crippen LogP contribution in [0.1, 0.15) is 39.0 Å². The van der Waals surface area contributed by atoms with Crippen molar-refractivity contribution in [3.8, 4) is 6.01 Å². The molecule has 0 spiro atoms. The summed E-state index contributed by atoms with van der Waals surface area (Å²) in [5, 5.41) is 9.13. The largest absolute Gasteiger partial charge is 0.463 e. The molecule has 1 aromatic heterocycles. The van der Waals surface area contributed by atoms with Gasteiger partial charge in [-0.2, -0.15) is 15.0 Å². The van der Waals surface area contributed by atoms with E-state index < -0.39 is 0 Å². The SMILES string of the molecule is CCCOc1nc(Cl)nc(N2CCCC2CCCO)n1. The van der Waals surface area contributed by atoms with E-state index in [9.17, 15) is 0 Å². The molecule has 2 rings (SSSR count). The summed E-state index contributed by atoms with van der Waals surface area (Å²) >= 11 is 5.95. The molecule has 1 N–H and O–H groups in total. The third-order valence-corrected chi connectivity index (χ3v) is 3.51. The molecule has 1 aliphatic heterocycles. The smallest absolute Gasteiger partial charge is 0.322 e. The molecular weight excluding hydrogens is 280 g/mol. The maximum absolute atomic E-state index is 8.97. The zero-order chi connectivity index (χ0) is 14.4. The van der Waals surface area contributed by atoms with Gasteiger partial charge in [0.1, 0.15) is 0 Å². The molecule has 0 bridgehead atoms. The topological polar surface area (TPSA) is 71.4 Å². The number of aromatic nitrogens is 3. The van der Waals surface area contributed by atoms with Crippen LogP contribution in [0.25, 0.3) is 0 Å². The van der Waals surface area contributed by atoms with Gasteiger partial charge in [0.25, 0.3) is 0 Å². The van der Waals surface area contributed by atoms with Crippen LogP contribution in [0, 0.1) is 0 Å². The van der Waals surface area contributed by atoms with Crippen molar-refractivity contribution in [2.24, 2.45) is 0 Å². The molecule has 0 radical (unpaired) electrons. The first-order chi connectivity index (χ1) is 9.74. The number of aliphatic hydroxyl groups excluding tert-OH is 1. The van der Waals surface area contributed by atoms with Crippen LogP contribution in [0.4, 0.5) is 5.95 Å². The Balaban J connectivity index is 2.11. The normalized spacial score (nSPS) is 18.6. The molecule has 1 saturated heterocycles. The Labute approximate surface area is 124 Å². The molecule has 1 aliphatic rings. The number of hydrogen-bond acceptors (Lipinski definition) is 6. The van der Waals surface area contributed by atoms with Crippen molar-refractivity contribution in [2.75, 3.05) is 24.7 Å². The second-order valence-corrected chi connectivity index (χ2v) is 5.23. The predicted octanol–water partition coefficient (Wildman–Crippen LogP) is 2.06. The lowest BCUT2D eigenvalue weighted by molar-refractivity contribution is 0.279. The number of anilines is 1. The predicted molar refractivity (Wildman–Crippen MR) is 77.3 cm³/mol. The van der Waals surface area contributed by atoms with E-state index in [-0.39, 0.29) is 17.9 Å². The zero-order valence-electron chi connectivity index (χ0n) is 11.8. The van der Waals surface area contributed by atoms with Crippen LogP contribution in [0.3, 0.4) is 0 Å². The lowest BCUT2D eigenvalue weighted by Gasteiger charge is -2.24. The van der Waals surface area contributed by atoms with E-state index in [1.807, 2.05) is 6.92 Å². The van der Waals surface area contributed by atoms with Crippen molar-refractivity contribution in [3.63, 3.8) is 0 Å². The fourth-order valence-electron chi connectivity index (χ4n) is 2.43. The molecule has 6 nitrogen and oxygen atoms in total. The van der Waals surface area contributed by atoms with E-state index in [4.69, 9.17) is 21.4 Å². The van der Waals surface area contributed by atoms with Gasteiger partial charge >= 0.3 is 6.01 Å². The Kier molecular flexibility index (Phi) is 5.79. The minimum Gasteiger partial charge on any atom is -0.463 e. The zero-order valence-corrected chi connectivity index (χ0v) is 12.5. The molecule has 1 atom stereocenters. The molecule has 1 aromatic rings. The number of hydrogen-bond donors (Lipinski definition) is 1. The first-order valence-electron chi connectivity index (χ1n) is 7.16. The van der Waals surface area contributed by atoms with Gasteiger partial charge in [0.05, 0.1) is 6.61 Å². The van der Waals surface area contributed by atoms with Gasteiger partial charge in [-0.15, -0.1) is 0 Å². The Morgan fingerprint density at radius 3 is 3.00 bits per heavy atom. The summed E-state index contributed by atoms with van der Waals surface area (Å²) in [7, 11) is 0. The molecule has 7 heteroatoms. The highest BCUT2D eigenvalue weighted by atomic mass is 35.5. The van der Waals surface area contributed by atoms with Crippen LogP contribution in [-0.2, 0) is 0 Å². The maximum atomic E-state index is 8.97. The highest BCUT2D eigenvalue weighted by Crippen LogP contribution is 2.27. The van der Waals surface area contributed by atoms with E-state index in [0.29, 0.717) is 18.6 Å². The van der Waals surface area contributed by atoms with Crippen molar-refractivity contribution in [2.45, 2.75) is 45.1 Å². The van der Waals surface area contributed by atoms with E-state index in [1.165, 1.54) is 0 Å². The first kappa shape index (κ1) is 15.3. The molecular formula is C13H21ClN4O2. The number of ether oxygens (including phenoxy) is 1. The van der Waals surface area contributed by atoms with Gasteiger partial charge in [-0.05, 0) is 43.7 Å². The van der Waals surface area contributed by atoms with Crippen molar-refractivity contribution < 1.29 is 9.84 Å². The number of nitrogens with zero attached hydrogens (tertiary/aromatic N) is 4. The van der Waals surface area contributed by atoms with E-state index in [1.54, 1.807) is 0 Å². The van der Waals surface area contributed by atoms with Crippen LogP contribution in [0.15, 0.2) is 0 Å². The van der Waals surface area contributed by atoms with Crippen molar-refractivity contribution in [1.29, 1.82) is 0 Å². The monoisotopic (exact) mass is 300 g/mol. The van der Waals surface area contributed by atoms with Crippen molar-refractivity contribution >= 4 is 17.5 Å². The second kappa shape index (κ2) is 7.59. The Bertz CT molecular complexity index is 433. The molecule has 2 heterocycles. The minimum atomic E-state index is 0.161. The first-order valence-corrected chi connectivity index (χ1v) is 7.54. The summed E-state index contributed by atoms with van der Waals surface area (Å²) in [5.74, 6) is 0.580. The summed E-state index contributed by atoms with van der Waals surface area (Å²) in [6, 6.07) is 0.648. The molecule has 20 heavy (non-hydrogen) atoms. The van der Waals surface area contributed by atoms with E-state index in [2.05, 4.69) is 19.9 Å². The Hall–Kier alpha value is -1.14. The summed E-state index contributed by atoms with van der Waals surface area (Å²) in [6.07, 6.45) is 4.81. The summed E-state index contributed by atoms with van der Waals surface area (Å²) < 4.78 is 5.44. The van der Waals surface area contributed by atoms with Crippen LogP contribution in [0.5, 0.6) is 6.01 Å².